The van der Waals surface area contributed by atoms with E-state index in [0.29, 0.717) is 17.4 Å². The zero-order chi connectivity index (χ0) is 14.5. The Balaban J connectivity index is 2.10. The average Bonchev–Trinajstić information content (AvgIpc) is 2.85. The summed E-state index contributed by atoms with van der Waals surface area (Å²) in [4.78, 5) is 21.0. The van der Waals surface area contributed by atoms with Gasteiger partial charge in [0.25, 0.3) is 0 Å². The van der Waals surface area contributed by atoms with E-state index in [4.69, 9.17) is 4.74 Å². The van der Waals surface area contributed by atoms with Crippen molar-refractivity contribution >= 4 is 22.4 Å². The maximum Gasteiger partial charge on any atom is 0.357 e. The van der Waals surface area contributed by atoms with E-state index < -0.39 is 5.97 Å². The van der Waals surface area contributed by atoms with Crippen LogP contribution in [-0.4, -0.2) is 23.0 Å². The van der Waals surface area contributed by atoms with Crippen LogP contribution >= 0.6 is 11.3 Å². The highest BCUT2D eigenvalue weighted by molar-refractivity contribution is 7.15. The molecule has 0 atom stereocenters. The van der Waals surface area contributed by atoms with E-state index in [2.05, 4.69) is 28.3 Å². The highest BCUT2D eigenvalue weighted by Crippen LogP contribution is 2.23. The first-order chi connectivity index (χ1) is 9.65. The standard InChI is InChI=1S/C14H17N3O2S/c1-4-10-6-5-7-15-11(10)8-16-14-17-12(9(2)20-14)13(18)19-3/h5-7H,4,8H2,1-3H3,(H,16,17). The highest BCUT2D eigenvalue weighted by atomic mass is 32.1. The Bertz CT molecular complexity index is 610. The predicted molar refractivity (Wildman–Crippen MR) is 79.1 cm³/mol. The van der Waals surface area contributed by atoms with Crippen LogP contribution in [0.5, 0.6) is 0 Å². The Morgan fingerprint density at radius 3 is 3.00 bits per heavy atom. The van der Waals surface area contributed by atoms with Crippen molar-refractivity contribution in [1.82, 2.24) is 9.97 Å². The summed E-state index contributed by atoms with van der Waals surface area (Å²) in [6.07, 6.45) is 2.72. The van der Waals surface area contributed by atoms with Crippen LogP contribution in [0.4, 0.5) is 5.13 Å². The molecule has 1 N–H and O–H groups in total. The molecule has 2 heterocycles. The number of methoxy groups -OCH3 is 1. The second-order valence-corrected chi connectivity index (χ2v) is 5.43. The Morgan fingerprint density at radius 2 is 2.30 bits per heavy atom. The Labute approximate surface area is 122 Å². The number of hydrogen-bond donors (Lipinski definition) is 1. The molecule has 2 rings (SSSR count). The van der Waals surface area contributed by atoms with Crippen molar-refractivity contribution < 1.29 is 9.53 Å². The minimum atomic E-state index is -0.404. The van der Waals surface area contributed by atoms with Crippen LogP contribution in [0.2, 0.25) is 0 Å². The minimum absolute atomic E-state index is 0.372. The molecule has 0 fully saturated rings. The topological polar surface area (TPSA) is 64.1 Å². The number of carbonyl (C=O) groups excluding carboxylic acids is 1. The van der Waals surface area contributed by atoms with E-state index in [-0.39, 0.29) is 0 Å². The van der Waals surface area contributed by atoms with Gasteiger partial charge in [-0.25, -0.2) is 9.78 Å². The fourth-order valence-electron chi connectivity index (χ4n) is 1.87. The van der Waals surface area contributed by atoms with Gasteiger partial charge >= 0.3 is 5.97 Å². The lowest BCUT2D eigenvalue weighted by atomic mass is 10.1. The predicted octanol–water partition coefficient (Wildman–Crippen LogP) is 2.81. The number of aromatic nitrogens is 2. The van der Waals surface area contributed by atoms with E-state index in [1.54, 1.807) is 6.20 Å². The summed E-state index contributed by atoms with van der Waals surface area (Å²) in [7, 11) is 1.36. The third-order valence-corrected chi connectivity index (χ3v) is 3.88. The number of pyridine rings is 1. The number of ether oxygens (including phenoxy) is 1. The fraction of sp³-hybridized carbons (Fsp3) is 0.357. The molecule has 106 valence electrons. The molecule has 0 aromatic carbocycles. The summed E-state index contributed by atoms with van der Waals surface area (Å²) in [5, 5.41) is 3.92. The molecule has 0 aliphatic heterocycles. The average molecular weight is 291 g/mol. The summed E-state index contributed by atoms with van der Waals surface area (Å²) in [6, 6.07) is 4.00. The molecule has 5 nitrogen and oxygen atoms in total. The van der Waals surface area contributed by atoms with Gasteiger partial charge in [-0.3, -0.25) is 4.98 Å². The van der Waals surface area contributed by atoms with Gasteiger partial charge in [0.1, 0.15) is 0 Å². The van der Waals surface area contributed by atoms with Gasteiger partial charge in [0.15, 0.2) is 10.8 Å². The molecule has 0 aliphatic carbocycles. The highest BCUT2D eigenvalue weighted by Gasteiger charge is 2.15. The second kappa shape index (κ2) is 6.47. The van der Waals surface area contributed by atoms with Crippen LogP contribution in [0.25, 0.3) is 0 Å². The van der Waals surface area contributed by atoms with E-state index in [9.17, 15) is 4.79 Å². The molecule has 6 heteroatoms. The summed E-state index contributed by atoms with van der Waals surface area (Å²) >= 11 is 1.44. The molecule has 2 aromatic heterocycles. The monoisotopic (exact) mass is 291 g/mol. The molecular formula is C14H17N3O2S. The van der Waals surface area contributed by atoms with Gasteiger partial charge < -0.3 is 10.1 Å². The third-order valence-electron chi connectivity index (χ3n) is 2.95. The van der Waals surface area contributed by atoms with Crippen LogP contribution in [0.3, 0.4) is 0 Å². The first-order valence-corrected chi connectivity index (χ1v) is 7.19. The number of nitrogens with one attached hydrogen (secondary N) is 1. The lowest BCUT2D eigenvalue weighted by Crippen LogP contribution is -2.06. The molecule has 0 bridgehead atoms. The number of rotatable bonds is 5. The molecule has 0 unspecified atom stereocenters. The van der Waals surface area contributed by atoms with Crippen LogP contribution in [0.1, 0.15) is 33.5 Å². The number of anilines is 1. The normalized spacial score (nSPS) is 10.3. The van der Waals surface area contributed by atoms with Crippen molar-refractivity contribution in [3.8, 4) is 0 Å². The van der Waals surface area contributed by atoms with Crippen molar-refractivity contribution in [3.63, 3.8) is 0 Å². The summed E-state index contributed by atoms with van der Waals surface area (Å²) in [6.45, 7) is 4.55. The quantitative estimate of drug-likeness (QED) is 0.858. The Hall–Kier alpha value is -1.95. The molecule has 0 radical (unpaired) electrons. The van der Waals surface area contributed by atoms with E-state index in [1.807, 2.05) is 13.0 Å². The van der Waals surface area contributed by atoms with Crippen molar-refractivity contribution in [2.75, 3.05) is 12.4 Å². The summed E-state index contributed by atoms with van der Waals surface area (Å²) in [5.41, 5.74) is 2.58. The van der Waals surface area contributed by atoms with Gasteiger partial charge in [-0.05, 0) is 25.0 Å². The van der Waals surface area contributed by atoms with Gasteiger partial charge in [0.2, 0.25) is 0 Å². The molecular weight excluding hydrogens is 274 g/mol. The Kier molecular flexibility index (Phi) is 4.68. The number of carbonyl (C=O) groups is 1. The summed E-state index contributed by atoms with van der Waals surface area (Å²) in [5.74, 6) is -0.404. The van der Waals surface area contributed by atoms with Crippen molar-refractivity contribution in [1.29, 1.82) is 0 Å². The van der Waals surface area contributed by atoms with Gasteiger partial charge in [-0.2, -0.15) is 0 Å². The van der Waals surface area contributed by atoms with E-state index in [1.165, 1.54) is 24.0 Å². The van der Waals surface area contributed by atoms with Gasteiger partial charge in [-0.1, -0.05) is 13.0 Å². The molecule has 2 aromatic rings. The number of aryl methyl sites for hydroxylation is 2. The minimum Gasteiger partial charge on any atom is -0.464 e. The maximum atomic E-state index is 11.5. The molecule has 0 aliphatic rings. The SMILES string of the molecule is CCc1cccnc1CNc1nc(C(=O)OC)c(C)s1. The van der Waals surface area contributed by atoms with Crippen molar-refractivity contribution in [3.05, 3.63) is 40.2 Å². The number of thiazole rings is 1. The Morgan fingerprint density at radius 1 is 1.50 bits per heavy atom. The van der Waals surface area contributed by atoms with Crippen LogP contribution in [0, 0.1) is 6.92 Å². The maximum absolute atomic E-state index is 11.5. The lowest BCUT2D eigenvalue weighted by molar-refractivity contribution is 0.0594. The van der Waals surface area contributed by atoms with Crippen LogP contribution < -0.4 is 5.32 Å². The van der Waals surface area contributed by atoms with Crippen LogP contribution in [0.15, 0.2) is 18.3 Å². The number of hydrogen-bond acceptors (Lipinski definition) is 6. The number of esters is 1. The first-order valence-electron chi connectivity index (χ1n) is 6.38. The van der Waals surface area contributed by atoms with Gasteiger partial charge in [0.05, 0.1) is 19.3 Å². The van der Waals surface area contributed by atoms with Gasteiger partial charge in [-0.15, -0.1) is 11.3 Å². The molecule has 0 spiro atoms. The van der Waals surface area contributed by atoms with Crippen molar-refractivity contribution in [2.45, 2.75) is 26.8 Å². The van der Waals surface area contributed by atoms with E-state index in [0.717, 1.165) is 17.0 Å². The number of nitrogens with zero attached hydrogens (tertiary/aromatic N) is 2. The smallest absolute Gasteiger partial charge is 0.357 e. The van der Waals surface area contributed by atoms with Crippen molar-refractivity contribution in [2.24, 2.45) is 0 Å². The molecule has 0 amide bonds. The molecule has 20 heavy (non-hydrogen) atoms. The summed E-state index contributed by atoms with van der Waals surface area (Å²) < 4.78 is 4.69. The molecule has 0 saturated heterocycles. The van der Waals surface area contributed by atoms with Gasteiger partial charge in [0, 0.05) is 11.1 Å². The van der Waals surface area contributed by atoms with Crippen LogP contribution in [-0.2, 0) is 17.7 Å². The molecule has 0 saturated carbocycles. The largest absolute Gasteiger partial charge is 0.464 e. The third kappa shape index (κ3) is 3.14. The first kappa shape index (κ1) is 14.5. The zero-order valence-electron chi connectivity index (χ0n) is 11.8. The fourth-order valence-corrected chi connectivity index (χ4v) is 2.67. The van der Waals surface area contributed by atoms with E-state index >= 15 is 0 Å². The zero-order valence-corrected chi connectivity index (χ0v) is 12.6. The second-order valence-electron chi connectivity index (χ2n) is 4.23. The lowest BCUT2D eigenvalue weighted by Gasteiger charge is -2.06.